The number of hydrogen-bond acceptors (Lipinski definition) is 5. The highest BCUT2D eigenvalue weighted by Crippen LogP contribution is 2.09. The van der Waals surface area contributed by atoms with Crippen molar-refractivity contribution in [2.75, 3.05) is 11.1 Å². The van der Waals surface area contributed by atoms with Gasteiger partial charge in [0, 0.05) is 5.69 Å². The highest BCUT2D eigenvalue weighted by Gasteiger charge is 2.09. The van der Waals surface area contributed by atoms with Crippen molar-refractivity contribution in [3.05, 3.63) is 41.2 Å². The van der Waals surface area contributed by atoms with Gasteiger partial charge in [0.1, 0.15) is 0 Å². The summed E-state index contributed by atoms with van der Waals surface area (Å²) >= 11 is 0. The molecule has 6 nitrogen and oxygen atoms in total. The maximum atomic E-state index is 12.0. The highest BCUT2D eigenvalue weighted by atomic mass is 16.1. The minimum atomic E-state index is -0.173. The largest absolute Gasteiger partial charge is 0.399 e. The van der Waals surface area contributed by atoms with Crippen LogP contribution in [0.1, 0.15) is 30.8 Å². The topological polar surface area (TPSA) is 93.8 Å². The molecular formula is C15H19N5O. The van der Waals surface area contributed by atoms with Crippen molar-refractivity contribution < 1.29 is 4.79 Å². The Hall–Kier alpha value is -2.50. The smallest absolute Gasteiger partial charge is 0.249 e. The Morgan fingerprint density at radius 1 is 1.10 bits per heavy atom. The molecule has 3 N–H and O–H groups in total. The molecule has 1 amide bonds. The summed E-state index contributed by atoms with van der Waals surface area (Å²) in [6.45, 7) is 4.01. The SMILES string of the molecule is CCc1nnc(NC(=O)Cc2ccc(N)cc2)nc1CC. The van der Waals surface area contributed by atoms with Crippen LogP contribution in [0.25, 0.3) is 0 Å². The first kappa shape index (κ1) is 14.9. The summed E-state index contributed by atoms with van der Waals surface area (Å²) in [7, 11) is 0. The number of amides is 1. The lowest BCUT2D eigenvalue weighted by Crippen LogP contribution is -2.18. The number of aryl methyl sites for hydroxylation is 2. The van der Waals surface area contributed by atoms with Crippen molar-refractivity contribution in [3.63, 3.8) is 0 Å². The number of nitrogens with zero attached hydrogens (tertiary/aromatic N) is 3. The van der Waals surface area contributed by atoms with Crippen molar-refractivity contribution in [3.8, 4) is 0 Å². The van der Waals surface area contributed by atoms with E-state index in [1.807, 2.05) is 26.0 Å². The molecule has 0 fully saturated rings. The van der Waals surface area contributed by atoms with Gasteiger partial charge in [-0.1, -0.05) is 26.0 Å². The van der Waals surface area contributed by atoms with Crippen LogP contribution in [0.2, 0.25) is 0 Å². The Morgan fingerprint density at radius 3 is 2.38 bits per heavy atom. The number of rotatable bonds is 5. The molecule has 0 aliphatic carbocycles. The fourth-order valence-electron chi connectivity index (χ4n) is 1.98. The van der Waals surface area contributed by atoms with E-state index in [4.69, 9.17) is 5.73 Å². The highest BCUT2D eigenvalue weighted by molar-refractivity contribution is 5.90. The van der Waals surface area contributed by atoms with Gasteiger partial charge in [0.25, 0.3) is 0 Å². The van der Waals surface area contributed by atoms with Crippen LogP contribution in [0.15, 0.2) is 24.3 Å². The Kier molecular flexibility index (Phi) is 4.81. The van der Waals surface area contributed by atoms with Gasteiger partial charge in [-0.05, 0) is 30.5 Å². The van der Waals surface area contributed by atoms with Crippen LogP contribution in [0.3, 0.4) is 0 Å². The molecule has 0 radical (unpaired) electrons. The van der Waals surface area contributed by atoms with Crippen LogP contribution in [0.4, 0.5) is 11.6 Å². The molecule has 110 valence electrons. The monoisotopic (exact) mass is 285 g/mol. The van der Waals surface area contributed by atoms with Crippen molar-refractivity contribution in [1.29, 1.82) is 0 Å². The number of hydrogen-bond donors (Lipinski definition) is 2. The molecule has 2 rings (SSSR count). The molecule has 6 heteroatoms. The molecule has 1 heterocycles. The van der Waals surface area contributed by atoms with E-state index in [9.17, 15) is 4.79 Å². The van der Waals surface area contributed by atoms with Crippen LogP contribution in [0, 0.1) is 0 Å². The lowest BCUT2D eigenvalue weighted by atomic mass is 10.1. The predicted octanol–water partition coefficient (Wildman–Crippen LogP) is 1.76. The number of nitrogens with two attached hydrogens (primary N) is 1. The summed E-state index contributed by atoms with van der Waals surface area (Å²) in [6, 6.07) is 7.19. The van der Waals surface area contributed by atoms with Gasteiger partial charge in [0.05, 0.1) is 17.8 Å². The van der Waals surface area contributed by atoms with Crippen LogP contribution in [0.5, 0.6) is 0 Å². The lowest BCUT2D eigenvalue weighted by Gasteiger charge is -2.07. The standard InChI is InChI=1S/C15H19N5O/c1-3-12-13(4-2)19-20-15(17-12)18-14(21)9-10-5-7-11(16)8-6-10/h5-8H,3-4,9,16H2,1-2H3,(H,17,18,20,21). The zero-order chi connectivity index (χ0) is 15.2. The average Bonchev–Trinajstić information content (AvgIpc) is 2.49. The third-order valence-corrected chi connectivity index (χ3v) is 3.10. The fourth-order valence-corrected chi connectivity index (χ4v) is 1.98. The maximum Gasteiger partial charge on any atom is 0.249 e. The fraction of sp³-hybridized carbons (Fsp3) is 0.333. The van der Waals surface area contributed by atoms with Crippen LogP contribution in [-0.4, -0.2) is 21.1 Å². The normalized spacial score (nSPS) is 10.4. The van der Waals surface area contributed by atoms with Crippen molar-refractivity contribution >= 4 is 17.5 Å². The minimum Gasteiger partial charge on any atom is -0.399 e. The summed E-state index contributed by atoms with van der Waals surface area (Å²) in [5.74, 6) is 0.0809. The number of carbonyl (C=O) groups excluding carboxylic acids is 1. The third kappa shape index (κ3) is 3.98. The molecule has 1 aromatic carbocycles. The number of nitrogens with one attached hydrogen (secondary N) is 1. The van der Waals surface area contributed by atoms with Gasteiger partial charge in [0.15, 0.2) is 0 Å². The van der Waals surface area contributed by atoms with E-state index in [-0.39, 0.29) is 18.3 Å². The number of nitrogen functional groups attached to an aromatic ring is 1. The summed E-state index contributed by atoms with van der Waals surface area (Å²) in [6.07, 6.45) is 1.79. The van der Waals surface area contributed by atoms with Gasteiger partial charge in [-0.3, -0.25) is 10.1 Å². The first-order valence-corrected chi connectivity index (χ1v) is 6.99. The molecule has 21 heavy (non-hydrogen) atoms. The van der Waals surface area contributed by atoms with E-state index >= 15 is 0 Å². The van der Waals surface area contributed by atoms with Gasteiger partial charge >= 0.3 is 0 Å². The van der Waals surface area contributed by atoms with Crippen molar-refractivity contribution in [2.24, 2.45) is 0 Å². The van der Waals surface area contributed by atoms with Crippen LogP contribution < -0.4 is 11.1 Å². The average molecular weight is 285 g/mol. The van der Waals surface area contributed by atoms with Gasteiger partial charge in [-0.2, -0.15) is 0 Å². The van der Waals surface area contributed by atoms with Gasteiger partial charge < -0.3 is 5.73 Å². The molecule has 0 saturated carbocycles. The summed E-state index contributed by atoms with van der Waals surface area (Å²) in [4.78, 5) is 16.3. The molecule has 1 aromatic heterocycles. The second-order valence-electron chi connectivity index (χ2n) is 4.70. The van der Waals surface area contributed by atoms with E-state index < -0.39 is 0 Å². The zero-order valence-electron chi connectivity index (χ0n) is 12.3. The van der Waals surface area contributed by atoms with Gasteiger partial charge in [0.2, 0.25) is 11.9 Å². The van der Waals surface area contributed by atoms with Crippen molar-refractivity contribution in [1.82, 2.24) is 15.2 Å². The van der Waals surface area contributed by atoms with E-state index in [0.717, 1.165) is 29.8 Å². The Bertz CT molecular complexity index is 624. The molecule has 0 aliphatic rings. The predicted molar refractivity (Wildman–Crippen MR) is 81.8 cm³/mol. The lowest BCUT2D eigenvalue weighted by molar-refractivity contribution is -0.115. The van der Waals surface area contributed by atoms with E-state index in [0.29, 0.717) is 5.69 Å². The number of benzene rings is 1. The Balaban J connectivity index is 2.04. The molecule has 0 spiro atoms. The number of carbonyl (C=O) groups is 1. The summed E-state index contributed by atoms with van der Waals surface area (Å²) < 4.78 is 0. The van der Waals surface area contributed by atoms with Gasteiger partial charge in [-0.15, -0.1) is 10.2 Å². The first-order chi connectivity index (χ1) is 10.1. The molecular weight excluding hydrogens is 266 g/mol. The second-order valence-corrected chi connectivity index (χ2v) is 4.70. The molecule has 0 atom stereocenters. The zero-order valence-corrected chi connectivity index (χ0v) is 12.3. The number of anilines is 2. The Labute approximate surface area is 123 Å². The van der Waals surface area contributed by atoms with Crippen LogP contribution >= 0.6 is 0 Å². The van der Waals surface area contributed by atoms with Crippen molar-refractivity contribution in [2.45, 2.75) is 33.1 Å². The Morgan fingerprint density at radius 2 is 1.76 bits per heavy atom. The quantitative estimate of drug-likeness (QED) is 0.816. The molecule has 2 aromatic rings. The first-order valence-electron chi connectivity index (χ1n) is 6.99. The minimum absolute atomic E-state index is 0.173. The summed E-state index contributed by atoms with van der Waals surface area (Å²) in [5, 5.41) is 10.7. The van der Waals surface area contributed by atoms with Crippen LogP contribution in [-0.2, 0) is 24.1 Å². The summed E-state index contributed by atoms with van der Waals surface area (Å²) in [5.41, 5.74) is 8.91. The van der Waals surface area contributed by atoms with E-state index in [1.165, 1.54) is 0 Å². The van der Waals surface area contributed by atoms with E-state index in [2.05, 4.69) is 20.5 Å². The van der Waals surface area contributed by atoms with E-state index in [1.54, 1.807) is 12.1 Å². The molecule has 0 bridgehead atoms. The molecule has 0 aliphatic heterocycles. The van der Waals surface area contributed by atoms with Gasteiger partial charge in [-0.25, -0.2) is 4.98 Å². The second kappa shape index (κ2) is 6.78. The maximum absolute atomic E-state index is 12.0. The number of aromatic nitrogens is 3. The molecule has 0 unspecified atom stereocenters. The molecule has 0 saturated heterocycles. The third-order valence-electron chi connectivity index (χ3n) is 3.10.